The van der Waals surface area contributed by atoms with E-state index in [0.717, 1.165) is 23.7 Å². The van der Waals surface area contributed by atoms with Crippen molar-refractivity contribution in [1.29, 1.82) is 0 Å². The predicted octanol–water partition coefficient (Wildman–Crippen LogP) is 3.01. The highest BCUT2D eigenvalue weighted by molar-refractivity contribution is 5.82. The molecule has 0 aliphatic rings. The van der Waals surface area contributed by atoms with Gasteiger partial charge in [-0.3, -0.25) is 0 Å². The molecule has 0 saturated heterocycles. The van der Waals surface area contributed by atoms with Crippen molar-refractivity contribution in [1.82, 2.24) is 5.16 Å². The van der Waals surface area contributed by atoms with Crippen LogP contribution in [-0.2, 0) is 0 Å². The van der Waals surface area contributed by atoms with Crippen LogP contribution in [0.1, 0.15) is 19.8 Å². The lowest BCUT2D eigenvalue weighted by molar-refractivity contribution is 0.215. The van der Waals surface area contributed by atoms with E-state index in [1.165, 1.54) is 0 Å². The highest BCUT2D eigenvalue weighted by atomic mass is 16.6. The minimum absolute atomic E-state index is 0.536. The van der Waals surface area contributed by atoms with Gasteiger partial charge in [0.15, 0.2) is 0 Å². The second-order valence-corrected chi connectivity index (χ2v) is 3.19. The van der Waals surface area contributed by atoms with Gasteiger partial charge in [0.2, 0.25) is 0 Å². The van der Waals surface area contributed by atoms with Crippen molar-refractivity contribution in [3.05, 3.63) is 24.3 Å². The average molecular weight is 191 g/mol. The molecule has 3 heteroatoms. The van der Waals surface area contributed by atoms with E-state index in [9.17, 15) is 0 Å². The number of nitrogens with zero attached hydrogens (tertiary/aromatic N) is 1. The number of ether oxygens (including phenoxy) is 1. The molecule has 2 rings (SSSR count). The molecule has 14 heavy (non-hydrogen) atoms. The fourth-order valence-electron chi connectivity index (χ4n) is 1.28. The summed E-state index contributed by atoms with van der Waals surface area (Å²) in [5, 5.41) is 4.85. The maximum absolute atomic E-state index is 5.47. The molecule has 1 heterocycles. The molecular formula is C11H13NO2. The Balaban J connectivity index is 2.17. The number of aromatic nitrogens is 1. The first-order valence-corrected chi connectivity index (χ1v) is 4.89. The van der Waals surface area contributed by atoms with E-state index >= 15 is 0 Å². The zero-order valence-corrected chi connectivity index (χ0v) is 8.19. The third-order valence-corrected chi connectivity index (χ3v) is 2.08. The summed E-state index contributed by atoms with van der Waals surface area (Å²) in [6.45, 7) is 2.82. The summed E-state index contributed by atoms with van der Waals surface area (Å²) in [5.41, 5.74) is 0.846. The Morgan fingerprint density at radius 2 is 2.21 bits per heavy atom. The van der Waals surface area contributed by atoms with Gasteiger partial charge in [0.05, 0.1) is 12.0 Å². The molecule has 2 aromatic rings. The van der Waals surface area contributed by atoms with Crippen LogP contribution in [0.5, 0.6) is 5.95 Å². The maximum atomic E-state index is 5.47. The molecule has 0 unspecified atom stereocenters. The molecule has 1 aromatic carbocycles. The summed E-state index contributed by atoms with van der Waals surface area (Å²) in [6, 6.07) is 7.74. The molecule has 0 aliphatic carbocycles. The first kappa shape index (κ1) is 9.06. The molecule has 0 amide bonds. The first-order chi connectivity index (χ1) is 6.92. The topological polar surface area (TPSA) is 35.3 Å². The molecule has 0 bridgehead atoms. The normalized spacial score (nSPS) is 10.6. The highest BCUT2D eigenvalue weighted by Crippen LogP contribution is 2.24. The quantitative estimate of drug-likeness (QED) is 0.697. The lowest BCUT2D eigenvalue weighted by atomic mass is 10.2. The van der Waals surface area contributed by atoms with Crippen molar-refractivity contribution in [2.75, 3.05) is 6.61 Å². The van der Waals surface area contributed by atoms with Gasteiger partial charge in [-0.1, -0.05) is 30.6 Å². The summed E-state index contributed by atoms with van der Waals surface area (Å²) < 4.78 is 10.6. The molecule has 74 valence electrons. The predicted molar refractivity (Wildman–Crippen MR) is 54.4 cm³/mol. The molecule has 0 N–H and O–H groups in total. The minimum atomic E-state index is 0.536. The van der Waals surface area contributed by atoms with Gasteiger partial charge in [-0.2, -0.15) is 0 Å². The van der Waals surface area contributed by atoms with E-state index in [1.807, 2.05) is 24.3 Å². The van der Waals surface area contributed by atoms with Crippen LogP contribution in [0.15, 0.2) is 28.8 Å². The van der Waals surface area contributed by atoms with Crippen LogP contribution in [0, 0.1) is 0 Å². The van der Waals surface area contributed by atoms with Crippen molar-refractivity contribution in [2.24, 2.45) is 0 Å². The molecule has 3 nitrogen and oxygen atoms in total. The zero-order valence-electron chi connectivity index (χ0n) is 8.19. The van der Waals surface area contributed by atoms with Crippen LogP contribution in [0.25, 0.3) is 10.9 Å². The molecule has 0 fully saturated rings. The Kier molecular flexibility index (Phi) is 2.68. The maximum Gasteiger partial charge on any atom is 0.319 e. The second kappa shape index (κ2) is 4.13. The molecule has 0 spiro atoms. The molecular weight excluding hydrogens is 178 g/mol. The largest absolute Gasteiger partial charge is 0.463 e. The number of fused-ring (bicyclic) bond motifs is 1. The molecule has 0 atom stereocenters. The number of unbranched alkanes of at least 4 members (excludes halogenated alkanes) is 1. The summed E-state index contributed by atoms with van der Waals surface area (Å²) >= 11 is 0. The third-order valence-electron chi connectivity index (χ3n) is 2.08. The second-order valence-electron chi connectivity index (χ2n) is 3.19. The summed E-state index contributed by atoms with van der Waals surface area (Å²) in [4.78, 5) is 0. The van der Waals surface area contributed by atoms with Crippen LogP contribution in [0.3, 0.4) is 0 Å². The van der Waals surface area contributed by atoms with E-state index in [2.05, 4.69) is 12.1 Å². The standard InChI is InChI=1S/C11H13NO2/c1-2-3-8-13-11-9-6-4-5-7-10(9)12-14-11/h4-7H,2-3,8H2,1H3. The Bertz CT molecular complexity index is 408. The van der Waals surface area contributed by atoms with Gasteiger partial charge in [-0.15, -0.1) is 0 Å². The van der Waals surface area contributed by atoms with Crippen molar-refractivity contribution >= 4 is 10.9 Å². The van der Waals surface area contributed by atoms with Crippen LogP contribution >= 0.6 is 0 Å². The van der Waals surface area contributed by atoms with Crippen molar-refractivity contribution in [3.8, 4) is 5.95 Å². The van der Waals surface area contributed by atoms with Gasteiger partial charge in [-0.05, 0) is 18.6 Å². The van der Waals surface area contributed by atoms with Crippen molar-refractivity contribution in [3.63, 3.8) is 0 Å². The monoisotopic (exact) mass is 191 g/mol. The fraction of sp³-hybridized carbons (Fsp3) is 0.364. The van der Waals surface area contributed by atoms with Crippen molar-refractivity contribution < 1.29 is 9.26 Å². The van der Waals surface area contributed by atoms with Gasteiger partial charge < -0.3 is 9.26 Å². The average Bonchev–Trinajstić information content (AvgIpc) is 2.63. The molecule has 1 aromatic heterocycles. The van der Waals surface area contributed by atoms with Crippen LogP contribution in [0.2, 0.25) is 0 Å². The smallest absolute Gasteiger partial charge is 0.319 e. The third kappa shape index (κ3) is 1.71. The number of benzene rings is 1. The van der Waals surface area contributed by atoms with E-state index in [0.29, 0.717) is 12.6 Å². The summed E-state index contributed by atoms with van der Waals surface area (Å²) in [6.07, 6.45) is 2.15. The zero-order chi connectivity index (χ0) is 9.80. The molecule has 0 saturated carbocycles. The lowest BCUT2D eigenvalue weighted by Crippen LogP contribution is -1.95. The molecule has 0 aliphatic heterocycles. The minimum Gasteiger partial charge on any atom is -0.463 e. The first-order valence-electron chi connectivity index (χ1n) is 4.89. The van der Waals surface area contributed by atoms with E-state index < -0.39 is 0 Å². The van der Waals surface area contributed by atoms with Crippen LogP contribution in [0.4, 0.5) is 0 Å². The molecule has 0 radical (unpaired) electrons. The number of rotatable bonds is 4. The Morgan fingerprint density at radius 1 is 1.36 bits per heavy atom. The lowest BCUT2D eigenvalue weighted by Gasteiger charge is -1.99. The Hall–Kier alpha value is -1.51. The van der Waals surface area contributed by atoms with E-state index in [-0.39, 0.29) is 0 Å². The summed E-state index contributed by atoms with van der Waals surface area (Å²) in [7, 11) is 0. The van der Waals surface area contributed by atoms with Gasteiger partial charge in [0.1, 0.15) is 5.52 Å². The number of hydrogen-bond acceptors (Lipinski definition) is 3. The summed E-state index contributed by atoms with van der Waals surface area (Å²) in [5.74, 6) is 0.536. The Morgan fingerprint density at radius 3 is 3.07 bits per heavy atom. The van der Waals surface area contributed by atoms with Crippen LogP contribution in [-0.4, -0.2) is 11.8 Å². The van der Waals surface area contributed by atoms with Gasteiger partial charge in [0, 0.05) is 0 Å². The SMILES string of the molecule is CCCCOc1onc2ccccc12. The highest BCUT2D eigenvalue weighted by Gasteiger charge is 2.07. The van der Waals surface area contributed by atoms with Crippen molar-refractivity contribution in [2.45, 2.75) is 19.8 Å². The Labute approximate surface area is 82.7 Å². The number of hydrogen-bond donors (Lipinski definition) is 0. The van der Waals surface area contributed by atoms with E-state index in [4.69, 9.17) is 9.26 Å². The van der Waals surface area contributed by atoms with E-state index in [1.54, 1.807) is 0 Å². The van der Waals surface area contributed by atoms with Gasteiger partial charge in [0.25, 0.3) is 0 Å². The fourth-order valence-corrected chi connectivity index (χ4v) is 1.28. The van der Waals surface area contributed by atoms with Gasteiger partial charge in [-0.25, -0.2) is 0 Å². The van der Waals surface area contributed by atoms with Gasteiger partial charge >= 0.3 is 5.95 Å². The van der Waals surface area contributed by atoms with Crippen LogP contribution < -0.4 is 4.74 Å².